The fourth-order valence-electron chi connectivity index (χ4n) is 5.09. The lowest BCUT2D eigenvalue weighted by Crippen LogP contribution is -2.43. The molecule has 0 unspecified atom stereocenters. The highest BCUT2D eigenvalue weighted by Crippen LogP contribution is 2.40. The average Bonchev–Trinajstić information content (AvgIpc) is 2.80. The van der Waals surface area contributed by atoms with Crippen molar-refractivity contribution in [2.24, 2.45) is 0 Å². The van der Waals surface area contributed by atoms with Crippen molar-refractivity contribution in [1.82, 2.24) is 14.5 Å². The second-order valence-electron chi connectivity index (χ2n) is 9.55. The van der Waals surface area contributed by atoms with Gasteiger partial charge in [0.15, 0.2) is 0 Å². The summed E-state index contributed by atoms with van der Waals surface area (Å²) >= 11 is 0. The third-order valence-corrected chi connectivity index (χ3v) is 7.12. The molecule has 9 heteroatoms. The summed E-state index contributed by atoms with van der Waals surface area (Å²) in [7, 11) is 1.67. The van der Waals surface area contributed by atoms with E-state index < -0.39 is 18.1 Å². The molecule has 34 heavy (non-hydrogen) atoms. The lowest BCUT2D eigenvalue weighted by Gasteiger charge is -2.35. The first-order chi connectivity index (χ1) is 16.1. The van der Waals surface area contributed by atoms with Crippen LogP contribution in [0.1, 0.15) is 90.7 Å². The Morgan fingerprint density at radius 3 is 2.62 bits per heavy atom. The van der Waals surface area contributed by atoms with Crippen LogP contribution in [0, 0.1) is 6.92 Å². The van der Waals surface area contributed by atoms with Crippen molar-refractivity contribution in [1.29, 1.82) is 0 Å². The third-order valence-electron chi connectivity index (χ3n) is 7.12. The molecule has 2 N–H and O–H groups in total. The van der Waals surface area contributed by atoms with E-state index in [2.05, 4.69) is 10.3 Å². The maximum Gasteiger partial charge on any atom is 0.258 e. The molecule has 0 saturated heterocycles. The number of anilines is 1. The Bertz CT molecular complexity index is 1120. The zero-order chi connectivity index (χ0) is 24.6. The van der Waals surface area contributed by atoms with Crippen LogP contribution in [0.5, 0.6) is 0 Å². The first-order valence-corrected chi connectivity index (χ1v) is 11.9. The molecule has 7 nitrogen and oxygen atoms in total. The number of rotatable bonds is 6. The van der Waals surface area contributed by atoms with Gasteiger partial charge in [0.25, 0.3) is 11.5 Å². The number of pyridine rings is 2. The first-order valence-electron chi connectivity index (χ1n) is 11.9. The summed E-state index contributed by atoms with van der Waals surface area (Å²) in [6.45, 7) is 4.02. The van der Waals surface area contributed by atoms with E-state index >= 15 is 0 Å². The molecule has 2 aromatic heterocycles. The number of aryl methyl sites for hydroxylation is 1. The van der Waals surface area contributed by atoms with Gasteiger partial charge in [-0.1, -0.05) is 6.92 Å². The van der Waals surface area contributed by atoms with Gasteiger partial charge in [-0.15, -0.1) is 0 Å². The minimum absolute atomic E-state index is 0.171. The van der Waals surface area contributed by atoms with Crippen LogP contribution in [0.3, 0.4) is 0 Å². The molecule has 1 aliphatic heterocycles. The van der Waals surface area contributed by atoms with E-state index in [4.69, 9.17) is 0 Å². The van der Waals surface area contributed by atoms with Crippen LogP contribution in [-0.4, -0.2) is 45.1 Å². The maximum absolute atomic E-state index is 13.8. The number of nitrogens with one attached hydrogen (secondary N) is 1. The van der Waals surface area contributed by atoms with Gasteiger partial charge in [-0.05, 0) is 62.3 Å². The van der Waals surface area contributed by atoms with Crippen LogP contribution < -0.4 is 10.9 Å². The van der Waals surface area contributed by atoms with E-state index in [0.717, 1.165) is 11.3 Å². The monoisotopic (exact) mass is 474 g/mol. The summed E-state index contributed by atoms with van der Waals surface area (Å²) in [5, 5.41) is 14.1. The normalized spacial score (nSPS) is 19.9. The Kier molecular flexibility index (Phi) is 6.75. The Balaban J connectivity index is 1.76. The number of carbonyl (C=O) groups is 1. The number of amides is 1. The van der Waals surface area contributed by atoms with Crippen LogP contribution in [0.25, 0.3) is 0 Å². The average molecular weight is 475 g/mol. The summed E-state index contributed by atoms with van der Waals surface area (Å²) in [6.07, 6.45) is 1.49. The minimum Gasteiger partial charge on any atom is -0.388 e. The number of alkyl halides is 2. The number of halogens is 2. The van der Waals surface area contributed by atoms with Crippen LogP contribution in [0.4, 0.5) is 14.6 Å². The number of hydrogen-bond donors (Lipinski definition) is 2. The molecule has 2 atom stereocenters. The van der Waals surface area contributed by atoms with E-state index in [1.807, 2.05) is 19.9 Å². The number of aliphatic hydroxyl groups is 1. The highest BCUT2D eigenvalue weighted by atomic mass is 19.3. The Labute approximate surface area is 197 Å². The smallest absolute Gasteiger partial charge is 0.258 e. The largest absolute Gasteiger partial charge is 0.388 e. The molecular weight excluding hydrogens is 442 g/mol. The molecule has 3 heterocycles. The molecule has 1 fully saturated rings. The van der Waals surface area contributed by atoms with Gasteiger partial charge >= 0.3 is 0 Å². The second-order valence-corrected chi connectivity index (χ2v) is 9.55. The number of aromatic nitrogens is 2. The molecule has 0 radical (unpaired) electrons. The molecule has 0 spiro atoms. The zero-order valence-corrected chi connectivity index (χ0v) is 19.9. The highest BCUT2D eigenvalue weighted by molar-refractivity contribution is 6.00. The molecule has 4 rings (SSSR count). The summed E-state index contributed by atoms with van der Waals surface area (Å²) in [4.78, 5) is 32.5. The van der Waals surface area contributed by atoms with Crippen LogP contribution in [-0.2, 0) is 0 Å². The highest BCUT2D eigenvalue weighted by Gasteiger charge is 2.38. The van der Waals surface area contributed by atoms with E-state index in [1.165, 1.54) is 9.47 Å². The molecule has 1 amide bonds. The number of hydrogen-bond acceptors (Lipinski definition) is 5. The van der Waals surface area contributed by atoms with Gasteiger partial charge in [0, 0.05) is 43.4 Å². The van der Waals surface area contributed by atoms with Crippen molar-refractivity contribution in [2.45, 2.75) is 76.4 Å². The molecular formula is C25H32F2N4O3. The maximum atomic E-state index is 13.8. The van der Waals surface area contributed by atoms with Gasteiger partial charge in [0.2, 0.25) is 5.92 Å². The van der Waals surface area contributed by atoms with Gasteiger partial charge in [-0.25, -0.2) is 8.78 Å². The summed E-state index contributed by atoms with van der Waals surface area (Å²) < 4.78 is 29.2. The lowest BCUT2D eigenvalue weighted by atomic mass is 9.87. The number of carbonyl (C=O) groups excluding carboxylic acids is 1. The summed E-state index contributed by atoms with van der Waals surface area (Å²) in [6, 6.07) is 4.79. The van der Waals surface area contributed by atoms with Crippen molar-refractivity contribution >= 4 is 11.7 Å². The van der Waals surface area contributed by atoms with Gasteiger partial charge in [-0.2, -0.15) is 0 Å². The predicted octanol–water partition coefficient (Wildman–Crippen LogP) is 4.37. The number of fused-ring (bicyclic) bond motifs is 1. The number of aliphatic hydroxyl groups excluding tert-OH is 1. The molecule has 1 aliphatic carbocycles. The SMILES string of the molecule is CC[C@@H](C[C@@H](O)c1ccnc(C)c1)c1cc2c(n(C3CCC(F)(F)CC3)c1=O)NCN(C)C2=O. The Hall–Kier alpha value is -2.81. The van der Waals surface area contributed by atoms with Crippen molar-refractivity contribution in [3.8, 4) is 0 Å². The summed E-state index contributed by atoms with van der Waals surface area (Å²) in [5.74, 6) is -2.84. The molecule has 0 aromatic carbocycles. The first kappa shape index (κ1) is 24.3. The van der Waals surface area contributed by atoms with Crippen molar-refractivity contribution in [3.63, 3.8) is 0 Å². The van der Waals surface area contributed by atoms with Crippen LogP contribution in [0.15, 0.2) is 29.2 Å². The topological polar surface area (TPSA) is 87.5 Å². The van der Waals surface area contributed by atoms with E-state index in [9.17, 15) is 23.5 Å². The fraction of sp³-hybridized carbons (Fsp3) is 0.560. The van der Waals surface area contributed by atoms with Crippen LogP contribution in [0.2, 0.25) is 0 Å². The molecule has 2 aliphatic rings. The number of nitrogens with zero attached hydrogens (tertiary/aromatic N) is 3. The van der Waals surface area contributed by atoms with Gasteiger partial charge in [0.1, 0.15) is 5.82 Å². The predicted molar refractivity (Wildman–Crippen MR) is 125 cm³/mol. The summed E-state index contributed by atoms with van der Waals surface area (Å²) in [5.41, 5.74) is 2.04. The Morgan fingerprint density at radius 1 is 1.26 bits per heavy atom. The zero-order valence-electron chi connectivity index (χ0n) is 19.9. The second kappa shape index (κ2) is 9.44. The molecule has 1 saturated carbocycles. The van der Waals surface area contributed by atoms with Crippen LogP contribution >= 0.6 is 0 Å². The minimum atomic E-state index is -2.72. The van der Waals surface area contributed by atoms with Gasteiger partial charge in [-0.3, -0.25) is 19.1 Å². The molecule has 0 bridgehead atoms. The van der Waals surface area contributed by atoms with Gasteiger partial charge < -0.3 is 15.3 Å². The van der Waals surface area contributed by atoms with Crippen molar-refractivity contribution in [3.05, 3.63) is 57.1 Å². The van der Waals surface area contributed by atoms with Crippen molar-refractivity contribution < 1.29 is 18.7 Å². The van der Waals surface area contributed by atoms with Crippen molar-refractivity contribution in [2.75, 3.05) is 19.0 Å². The van der Waals surface area contributed by atoms with Gasteiger partial charge in [0.05, 0.1) is 18.3 Å². The molecule has 184 valence electrons. The van der Waals surface area contributed by atoms with E-state index in [-0.39, 0.29) is 49.7 Å². The standard InChI is InChI=1S/C25H32F2N4O3/c1-4-16(12-21(32)17-7-10-28-15(2)11-17)19-13-20-22(29-14-30(3)23(20)33)31(24(19)34)18-5-8-25(26,27)9-6-18/h7,10-11,13,16,18,21,29,32H,4-6,8-9,12,14H2,1-3H3/t16-,21+/m0/s1. The third kappa shape index (κ3) is 4.71. The Morgan fingerprint density at radius 2 is 1.97 bits per heavy atom. The lowest BCUT2D eigenvalue weighted by molar-refractivity contribution is -0.0441. The molecule has 2 aromatic rings. The van der Waals surface area contributed by atoms with E-state index in [0.29, 0.717) is 29.8 Å². The fourth-order valence-corrected chi connectivity index (χ4v) is 5.09. The van der Waals surface area contributed by atoms with E-state index in [1.54, 1.807) is 25.4 Å². The quantitative estimate of drug-likeness (QED) is 0.649.